The minimum atomic E-state index is -0.301. The van der Waals surface area contributed by atoms with Crippen LogP contribution in [0.3, 0.4) is 0 Å². The number of carbonyl (C=O) groups is 1. The molecular formula is C19H28N2O2S. The lowest BCUT2D eigenvalue weighted by Gasteiger charge is -2.15. The van der Waals surface area contributed by atoms with Crippen LogP contribution in [0.1, 0.15) is 49.5 Å². The first kappa shape index (κ1) is 20.3. The smallest absolute Gasteiger partial charge is 0.259 e. The third-order valence-corrected chi connectivity index (χ3v) is 4.74. The number of anilines is 1. The molecule has 0 saturated heterocycles. The Hall–Kier alpha value is -1.75. The van der Waals surface area contributed by atoms with Crippen LogP contribution in [0, 0.1) is 0 Å². The number of thioether (sulfide) groups is 1. The second kappa shape index (κ2) is 10.2. The van der Waals surface area contributed by atoms with Crippen molar-refractivity contribution in [2.45, 2.75) is 39.4 Å². The fourth-order valence-corrected chi connectivity index (χ4v) is 3.50. The molecule has 0 atom stereocenters. The molecule has 0 amide bonds. The van der Waals surface area contributed by atoms with Crippen LogP contribution in [-0.4, -0.2) is 31.1 Å². The maximum absolute atomic E-state index is 12.1. The van der Waals surface area contributed by atoms with Crippen LogP contribution < -0.4 is 10.5 Å². The average molecular weight is 349 g/mol. The van der Waals surface area contributed by atoms with Crippen LogP contribution in [0.5, 0.6) is 0 Å². The van der Waals surface area contributed by atoms with Gasteiger partial charge in [-0.05, 0) is 29.9 Å². The number of rotatable bonds is 7. The molecule has 2 aromatic rings. The third-order valence-electron chi connectivity index (χ3n) is 3.67. The number of fused-ring (bicyclic) bond motifs is 1. The third kappa shape index (κ3) is 4.87. The number of nitrogens with one attached hydrogen (secondary N) is 1. The van der Waals surface area contributed by atoms with E-state index in [1.165, 1.54) is 0 Å². The molecule has 1 N–H and O–H groups in total. The number of benzene rings is 1. The van der Waals surface area contributed by atoms with Crippen LogP contribution in [0.4, 0.5) is 5.69 Å². The number of hydrogen-bond donors (Lipinski definition) is 1. The molecule has 0 spiro atoms. The maximum Gasteiger partial charge on any atom is 0.259 e. The summed E-state index contributed by atoms with van der Waals surface area (Å²) in [6.45, 7) is 6.16. The van der Waals surface area contributed by atoms with Crippen molar-refractivity contribution in [3.63, 3.8) is 0 Å². The number of carbonyl (C=O) groups excluding carboxylic acids is 1. The van der Waals surface area contributed by atoms with E-state index in [1.54, 1.807) is 11.8 Å². The van der Waals surface area contributed by atoms with Crippen LogP contribution in [0.2, 0.25) is 0 Å². The molecule has 2 rings (SSSR count). The number of aromatic amines is 1. The molecule has 132 valence electrons. The minimum absolute atomic E-state index is 0.258. The highest BCUT2D eigenvalue weighted by Crippen LogP contribution is 2.26. The van der Waals surface area contributed by atoms with Gasteiger partial charge in [0.15, 0.2) is 6.29 Å². The van der Waals surface area contributed by atoms with E-state index in [2.05, 4.69) is 11.9 Å². The molecule has 0 fully saturated rings. The van der Waals surface area contributed by atoms with E-state index < -0.39 is 0 Å². The summed E-state index contributed by atoms with van der Waals surface area (Å²) in [5.74, 6) is 1.73. The van der Waals surface area contributed by atoms with Gasteiger partial charge in [0.1, 0.15) is 0 Å². The van der Waals surface area contributed by atoms with E-state index in [9.17, 15) is 9.59 Å². The molecule has 0 aliphatic carbocycles. The first-order valence-electron chi connectivity index (χ1n) is 8.47. The quantitative estimate of drug-likeness (QED) is 0.592. The largest absolute Gasteiger partial charge is 0.378 e. The summed E-state index contributed by atoms with van der Waals surface area (Å²) >= 11 is 1.77. The molecule has 24 heavy (non-hydrogen) atoms. The SMILES string of the molecule is CC.CCCCSCc1c(C=O)c(=O)[nH]c2cc(N(C)C)ccc12. The zero-order chi connectivity index (χ0) is 18.1. The van der Waals surface area contributed by atoms with Gasteiger partial charge in [0, 0.05) is 30.9 Å². The lowest BCUT2D eigenvalue weighted by Crippen LogP contribution is -2.16. The van der Waals surface area contributed by atoms with Crippen molar-refractivity contribution in [3.8, 4) is 0 Å². The number of aromatic nitrogens is 1. The number of H-pyrrole nitrogens is 1. The molecule has 0 unspecified atom stereocenters. The lowest BCUT2D eigenvalue weighted by molar-refractivity contribution is 0.112. The van der Waals surface area contributed by atoms with E-state index in [-0.39, 0.29) is 11.1 Å². The Morgan fingerprint density at radius 1 is 1.25 bits per heavy atom. The Balaban J connectivity index is 0.00000139. The molecule has 0 aliphatic heterocycles. The zero-order valence-corrected chi connectivity index (χ0v) is 16.1. The van der Waals surface area contributed by atoms with Gasteiger partial charge in [0.2, 0.25) is 0 Å². The predicted molar refractivity (Wildman–Crippen MR) is 107 cm³/mol. The average Bonchev–Trinajstić information content (AvgIpc) is 2.59. The summed E-state index contributed by atoms with van der Waals surface area (Å²) in [6, 6.07) is 5.95. The molecule has 0 radical (unpaired) electrons. The predicted octanol–water partition coefficient (Wildman–Crippen LogP) is 4.47. The van der Waals surface area contributed by atoms with E-state index in [0.717, 1.165) is 40.7 Å². The highest BCUT2D eigenvalue weighted by Gasteiger charge is 2.13. The fraction of sp³-hybridized carbons (Fsp3) is 0.474. The normalized spacial score (nSPS) is 10.2. The lowest BCUT2D eigenvalue weighted by atomic mass is 10.0. The second-order valence-corrected chi connectivity index (χ2v) is 6.60. The monoisotopic (exact) mass is 348 g/mol. The van der Waals surface area contributed by atoms with Crippen molar-refractivity contribution in [1.82, 2.24) is 4.98 Å². The Labute approximate surface area is 148 Å². The molecule has 1 aromatic carbocycles. The maximum atomic E-state index is 12.1. The number of aldehydes is 1. The fourth-order valence-electron chi connectivity index (χ4n) is 2.35. The van der Waals surface area contributed by atoms with Crippen LogP contribution in [0.25, 0.3) is 10.9 Å². The molecule has 1 heterocycles. The number of pyridine rings is 1. The molecular weight excluding hydrogens is 320 g/mol. The van der Waals surface area contributed by atoms with E-state index >= 15 is 0 Å². The number of unbranched alkanes of at least 4 members (excludes halogenated alkanes) is 1. The van der Waals surface area contributed by atoms with Crippen LogP contribution in [0.15, 0.2) is 23.0 Å². The number of nitrogens with zero attached hydrogens (tertiary/aromatic N) is 1. The van der Waals surface area contributed by atoms with Crippen molar-refractivity contribution >= 4 is 34.6 Å². The second-order valence-electron chi connectivity index (χ2n) is 5.49. The summed E-state index contributed by atoms with van der Waals surface area (Å²) in [6.07, 6.45) is 2.97. The Kier molecular flexibility index (Phi) is 8.61. The molecule has 5 heteroatoms. The van der Waals surface area contributed by atoms with E-state index in [4.69, 9.17) is 0 Å². The Morgan fingerprint density at radius 2 is 1.96 bits per heavy atom. The van der Waals surface area contributed by atoms with Gasteiger partial charge in [-0.1, -0.05) is 33.3 Å². The summed E-state index contributed by atoms with van der Waals surface area (Å²) in [5, 5.41) is 0.955. The topological polar surface area (TPSA) is 53.2 Å². The van der Waals surface area contributed by atoms with Gasteiger partial charge in [-0.3, -0.25) is 9.59 Å². The first-order valence-corrected chi connectivity index (χ1v) is 9.63. The summed E-state index contributed by atoms with van der Waals surface area (Å²) < 4.78 is 0. The molecule has 4 nitrogen and oxygen atoms in total. The van der Waals surface area contributed by atoms with Crippen molar-refractivity contribution < 1.29 is 4.79 Å². The summed E-state index contributed by atoms with van der Waals surface area (Å²) in [4.78, 5) is 28.3. The Morgan fingerprint density at radius 3 is 2.54 bits per heavy atom. The molecule has 0 saturated carbocycles. The summed E-state index contributed by atoms with van der Waals surface area (Å²) in [7, 11) is 3.92. The highest BCUT2D eigenvalue weighted by atomic mass is 32.2. The van der Waals surface area contributed by atoms with Gasteiger partial charge >= 0.3 is 0 Å². The van der Waals surface area contributed by atoms with Gasteiger partial charge in [0.05, 0.1) is 11.1 Å². The van der Waals surface area contributed by atoms with Gasteiger partial charge in [-0.2, -0.15) is 11.8 Å². The van der Waals surface area contributed by atoms with Gasteiger partial charge < -0.3 is 9.88 Å². The standard InChI is InChI=1S/C17H22N2O2S.C2H6/c1-4-5-8-22-11-15-13-7-6-12(19(2)3)9-16(13)18-17(21)14(15)10-20;1-2/h6-7,9-10H,4-5,8,11H2,1-3H3,(H,18,21);1-2H3. The van der Waals surface area contributed by atoms with Crippen molar-refractivity contribution in [3.05, 3.63) is 39.7 Å². The Bertz CT molecular complexity index is 723. The van der Waals surface area contributed by atoms with Crippen LogP contribution >= 0.6 is 11.8 Å². The van der Waals surface area contributed by atoms with Gasteiger partial charge in [-0.25, -0.2) is 0 Å². The molecule has 0 bridgehead atoms. The molecule has 0 aliphatic rings. The number of hydrogen-bond acceptors (Lipinski definition) is 4. The van der Waals surface area contributed by atoms with Gasteiger partial charge in [0.25, 0.3) is 5.56 Å². The summed E-state index contributed by atoms with van der Waals surface area (Å²) in [5.41, 5.74) is 2.61. The van der Waals surface area contributed by atoms with Crippen molar-refractivity contribution in [1.29, 1.82) is 0 Å². The van der Waals surface area contributed by atoms with E-state index in [0.29, 0.717) is 12.0 Å². The first-order chi connectivity index (χ1) is 11.6. The van der Waals surface area contributed by atoms with Crippen molar-refractivity contribution in [2.75, 3.05) is 24.7 Å². The van der Waals surface area contributed by atoms with E-state index in [1.807, 2.05) is 51.0 Å². The minimum Gasteiger partial charge on any atom is -0.378 e. The highest BCUT2D eigenvalue weighted by molar-refractivity contribution is 7.98. The molecule has 1 aromatic heterocycles. The van der Waals surface area contributed by atoms with Crippen LogP contribution in [-0.2, 0) is 5.75 Å². The van der Waals surface area contributed by atoms with Gasteiger partial charge in [-0.15, -0.1) is 0 Å². The van der Waals surface area contributed by atoms with Crippen molar-refractivity contribution in [2.24, 2.45) is 0 Å². The zero-order valence-electron chi connectivity index (χ0n) is 15.3.